The lowest BCUT2D eigenvalue weighted by Crippen LogP contribution is -2.31. The van der Waals surface area contributed by atoms with Gasteiger partial charge in [0.2, 0.25) is 0 Å². The van der Waals surface area contributed by atoms with Gasteiger partial charge in [-0.05, 0) is 41.8 Å². The van der Waals surface area contributed by atoms with Gasteiger partial charge in [-0.15, -0.1) is 0 Å². The molecule has 4 rings (SSSR count). The predicted molar refractivity (Wildman–Crippen MR) is 85.7 cm³/mol. The summed E-state index contributed by atoms with van der Waals surface area (Å²) < 4.78 is 13.9. The van der Waals surface area contributed by atoms with Gasteiger partial charge in [0.05, 0.1) is 0 Å². The van der Waals surface area contributed by atoms with Crippen LogP contribution in [0.3, 0.4) is 0 Å². The Morgan fingerprint density at radius 2 is 2.00 bits per heavy atom. The topological polar surface area (TPSA) is 29.0 Å². The number of anilines is 1. The Bertz CT molecular complexity index is 866. The Morgan fingerprint density at radius 1 is 1.09 bits per heavy atom. The molecule has 0 amide bonds. The van der Waals surface area contributed by atoms with Crippen LogP contribution in [-0.2, 0) is 13.0 Å². The third-order valence-electron chi connectivity index (χ3n) is 4.07. The molecule has 0 N–H and O–H groups in total. The molecule has 1 aliphatic rings. The Morgan fingerprint density at radius 3 is 2.91 bits per heavy atom. The number of hydrogen-bond acceptors (Lipinski definition) is 3. The van der Waals surface area contributed by atoms with E-state index in [1.165, 1.54) is 23.5 Å². The second-order valence-corrected chi connectivity index (χ2v) is 5.85. The number of halogens is 2. The molecule has 5 heteroatoms. The largest absolute Gasteiger partial charge is 0.351 e. The molecular formula is C17H13ClFN3. The van der Waals surface area contributed by atoms with E-state index in [-0.39, 0.29) is 5.82 Å². The summed E-state index contributed by atoms with van der Waals surface area (Å²) in [6, 6.07) is 11.0. The fraction of sp³-hybridized carbons (Fsp3) is 0.176. The molecule has 0 aliphatic carbocycles. The maximum absolute atomic E-state index is 13.9. The summed E-state index contributed by atoms with van der Waals surface area (Å²) >= 11 is 6.05. The van der Waals surface area contributed by atoms with E-state index in [9.17, 15) is 4.39 Å². The van der Waals surface area contributed by atoms with Crippen molar-refractivity contribution < 1.29 is 4.39 Å². The van der Waals surface area contributed by atoms with Crippen molar-refractivity contribution in [3.05, 3.63) is 64.7 Å². The van der Waals surface area contributed by atoms with Crippen LogP contribution in [0.4, 0.5) is 10.2 Å². The van der Waals surface area contributed by atoms with E-state index >= 15 is 0 Å². The van der Waals surface area contributed by atoms with Gasteiger partial charge >= 0.3 is 0 Å². The zero-order chi connectivity index (χ0) is 15.1. The molecule has 2 aromatic carbocycles. The first kappa shape index (κ1) is 13.5. The minimum Gasteiger partial charge on any atom is -0.351 e. The summed E-state index contributed by atoms with van der Waals surface area (Å²) in [5, 5.41) is 1.52. The minimum atomic E-state index is -0.314. The second-order valence-electron chi connectivity index (χ2n) is 5.42. The monoisotopic (exact) mass is 313 g/mol. The highest BCUT2D eigenvalue weighted by molar-refractivity contribution is 6.30. The molecule has 0 atom stereocenters. The zero-order valence-corrected chi connectivity index (χ0v) is 12.5. The highest BCUT2D eigenvalue weighted by Crippen LogP contribution is 2.29. The van der Waals surface area contributed by atoms with Crippen molar-refractivity contribution in [2.24, 2.45) is 0 Å². The van der Waals surface area contributed by atoms with Crippen LogP contribution in [-0.4, -0.2) is 16.5 Å². The molecule has 3 aromatic rings. The number of aromatic nitrogens is 2. The van der Waals surface area contributed by atoms with Gasteiger partial charge in [-0.2, -0.15) is 0 Å². The summed E-state index contributed by atoms with van der Waals surface area (Å²) in [6.07, 6.45) is 2.33. The van der Waals surface area contributed by atoms with Crippen LogP contribution in [0.1, 0.15) is 11.1 Å². The molecule has 110 valence electrons. The minimum absolute atomic E-state index is 0.314. The van der Waals surface area contributed by atoms with Gasteiger partial charge in [0, 0.05) is 23.5 Å². The number of para-hydroxylation sites is 1. The Hall–Kier alpha value is -2.20. The van der Waals surface area contributed by atoms with Crippen LogP contribution in [0.15, 0.2) is 42.7 Å². The lowest BCUT2D eigenvalue weighted by molar-refractivity contribution is 0.636. The lowest BCUT2D eigenvalue weighted by atomic mass is 9.99. The van der Waals surface area contributed by atoms with Crippen molar-refractivity contribution in [3.8, 4) is 0 Å². The molecule has 0 saturated heterocycles. The summed E-state index contributed by atoms with van der Waals surface area (Å²) in [5.74, 6) is 0.468. The van der Waals surface area contributed by atoms with E-state index < -0.39 is 0 Å². The van der Waals surface area contributed by atoms with Gasteiger partial charge in [-0.25, -0.2) is 14.4 Å². The smallest absolute Gasteiger partial charge is 0.149 e. The van der Waals surface area contributed by atoms with Crippen LogP contribution in [0.5, 0.6) is 0 Å². The zero-order valence-electron chi connectivity index (χ0n) is 11.8. The SMILES string of the molecule is Fc1cccc2c(N3CCc4cc(Cl)ccc4C3)ncnc12. The molecule has 0 radical (unpaired) electrons. The van der Waals surface area contributed by atoms with Gasteiger partial charge < -0.3 is 4.90 Å². The highest BCUT2D eigenvalue weighted by atomic mass is 35.5. The molecule has 22 heavy (non-hydrogen) atoms. The quantitative estimate of drug-likeness (QED) is 0.680. The summed E-state index contributed by atoms with van der Waals surface area (Å²) in [6.45, 7) is 1.57. The first-order valence-electron chi connectivity index (χ1n) is 7.14. The van der Waals surface area contributed by atoms with Gasteiger partial charge in [0.1, 0.15) is 23.5 Å². The van der Waals surface area contributed by atoms with Crippen LogP contribution < -0.4 is 4.90 Å². The van der Waals surface area contributed by atoms with Gasteiger partial charge in [0.15, 0.2) is 0 Å². The fourth-order valence-corrected chi connectivity index (χ4v) is 3.19. The summed E-state index contributed by atoms with van der Waals surface area (Å²) in [5.41, 5.74) is 2.88. The van der Waals surface area contributed by atoms with Crippen molar-refractivity contribution in [3.63, 3.8) is 0 Å². The lowest BCUT2D eigenvalue weighted by Gasteiger charge is -2.30. The van der Waals surface area contributed by atoms with Crippen LogP contribution in [0.2, 0.25) is 5.02 Å². The molecule has 1 aromatic heterocycles. The molecule has 0 bridgehead atoms. The van der Waals surface area contributed by atoms with E-state index in [1.807, 2.05) is 24.3 Å². The van der Waals surface area contributed by atoms with Crippen LogP contribution in [0.25, 0.3) is 10.9 Å². The maximum Gasteiger partial charge on any atom is 0.149 e. The van der Waals surface area contributed by atoms with Crippen molar-refractivity contribution in [1.82, 2.24) is 9.97 Å². The Labute approximate surface area is 132 Å². The second kappa shape index (κ2) is 5.21. The number of rotatable bonds is 1. The average Bonchev–Trinajstić information content (AvgIpc) is 2.54. The summed E-state index contributed by atoms with van der Waals surface area (Å²) in [7, 11) is 0. The first-order chi connectivity index (χ1) is 10.7. The third-order valence-corrected chi connectivity index (χ3v) is 4.31. The molecule has 0 saturated carbocycles. The van der Waals surface area contributed by atoms with E-state index in [1.54, 1.807) is 6.07 Å². The van der Waals surface area contributed by atoms with E-state index in [0.717, 1.165) is 35.7 Å². The molecule has 1 aliphatic heterocycles. The van der Waals surface area contributed by atoms with Gasteiger partial charge in [-0.3, -0.25) is 0 Å². The molecule has 0 unspecified atom stereocenters. The highest BCUT2D eigenvalue weighted by Gasteiger charge is 2.20. The Balaban J connectivity index is 1.78. The van der Waals surface area contributed by atoms with E-state index in [4.69, 9.17) is 11.6 Å². The maximum atomic E-state index is 13.9. The average molecular weight is 314 g/mol. The normalized spacial score (nSPS) is 14.2. The van der Waals surface area contributed by atoms with Crippen molar-refractivity contribution >= 4 is 28.3 Å². The van der Waals surface area contributed by atoms with E-state index in [2.05, 4.69) is 14.9 Å². The Kier molecular flexibility index (Phi) is 3.19. The van der Waals surface area contributed by atoms with Crippen molar-refractivity contribution in [2.75, 3.05) is 11.4 Å². The first-order valence-corrected chi connectivity index (χ1v) is 7.51. The standard InChI is InChI=1S/C17H13ClFN3/c18-13-5-4-12-9-22(7-6-11(12)8-13)17-14-2-1-3-15(19)16(14)20-10-21-17/h1-5,8,10H,6-7,9H2. The molecule has 0 fully saturated rings. The van der Waals surface area contributed by atoms with E-state index in [0.29, 0.717) is 5.52 Å². The fourth-order valence-electron chi connectivity index (χ4n) is 2.99. The third kappa shape index (κ3) is 2.20. The number of nitrogens with zero attached hydrogens (tertiary/aromatic N) is 3. The number of fused-ring (bicyclic) bond motifs is 2. The number of benzene rings is 2. The predicted octanol–water partition coefficient (Wildman–Crippen LogP) is 3.99. The van der Waals surface area contributed by atoms with Gasteiger partial charge in [0.25, 0.3) is 0 Å². The van der Waals surface area contributed by atoms with Gasteiger partial charge in [-0.1, -0.05) is 23.7 Å². The molecule has 2 heterocycles. The number of hydrogen-bond donors (Lipinski definition) is 0. The van der Waals surface area contributed by atoms with Crippen LogP contribution >= 0.6 is 11.6 Å². The summed E-state index contributed by atoms with van der Waals surface area (Å²) in [4.78, 5) is 10.6. The van der Waals surface area contributed by atoms with Crippen molar-refractivity contribution in [1.29, 1.82) is 0 Å². The molecular weight excluding hydrogens is 301 g/mol. The van der Waals surface area contributed by atoms with Crippen molar-refractivity contribution in [2.45, 2.75) is 13.0 Å². The molecule has 3 nitrogen and oxygen atoms in total. The van der Waals surface area contributed by atoms with Crippen LogP contribution in [0, 0.1) is 5.82 Å². The molecule has 0 spiro atoms.